The molecule has 0 heterocycles. The molecule has 0 aromatic carbocycles. The average molecular weight is 185 g/mol. The molecular weight excluding hydrogens is 172 g/mol. The maximum absolute atomic E-state index is 10.8. The molecule has 5 heteroatoms. The first kappa shape index (κ1) is 11.4. The van der Waals surface area contributed by atoms with Crippen molar-refractivity contribution in [2.75, 3.05) is 6.61 Å². The number of carbonyl (C=O) groups excluding carboxylic acids is 1. The standard InChI is InChI=1S/C8H12N2O3/c1-3-13-8(12)5-4-7(10-9)6(2)11/h3-5H2,1-2H3/p+1/b7-6+. The number of esters is 1. The van der Waals surface area contributed by atoms with Crippen LogP contribution in [0, 0.1) is 5.39 Å². The average Bonchev–Trinajstić information content (AvgIpc) is 2.05. The van der Waals surface area contributed by atoms with Crippen molar-refractivity contribution in [3.63, 3.8) is 0 Å². The number of allylic oxidation sites excluding steroid dienone is 2. The Labute approximate surface area is 76.6 Å². The van der Waals surface area contributed by atoms with Crippen LogP contribution in [0.25, 0.3) is 4.98 Å². The third kappa shape index (κ3) is 4.80. The number of hydrogen-bond acceptors (Lipinski definition) is 4. The highest BCUT2D eigenvalue weighted by atomic mass is 16.5. The van der Waals surface area contributed by atoms with Crippen molar-refractivity contribution in [2.24, 2.45) is 0 Å². The van der Waals surface area contributed by atoms with Gasteiger partial charge in [-0.2, -0.15) is 0 Å². The fraction of sp³-hybridized carbons (Fsp3) is 0.625. The van der Waals surface area contributed by atoms with Crippen molar-refractivity contribution in [2.45, 2.75) is 26.7 Å². The lowest BCUT2D eigenvalue weighted by molar-refractivity contribution is -0.143. The Bertz CT molecular complexity index is 249. The SMILES string of the molecule is CCOC(=O)CC/C([N+]#N)=C(/C)O. The molecule has 0 rings (SSSR count). The fourth-order valence-electron chi connectivity index (χ4n) is 0.757. The van der Waals surface area contributed by atoms with Crippen molar-refractivity contribution < 1.29 is 14.6 Å². The molecule has 0 unspecified atom stereocenters. The number of diazo groups is 1. The highest BCUT2D eigenvalue weighted by Gasteiger charge is 2.17. The summed E-state index contributed by atoms with van der Waals surface area (Å²) >= 11 is 0. The molecule has 0 aromatic heterocycles. The molecule has 0 radical (unpaired) electrons. The van der Waals surface area contributed by atoms with Gasteiger partial charge < -0.3 is 9.84 Å². The summed E-state index contributed by atoms with van der Waals surface area (Å²) in [5.41, 5.74) is 0.105. The van der Waals surface area contributed by atoms with Gasteiger partial charge in [0.15, 0.2) is 10.7 Å². The summed E-state index contributed by atoms with van der Waals surface area (Å²) < 4.78 is 4.65. The molecule has 0 aliphatic carbocycles. The Hall–Kier alpha value is -1.57. The monoisotopic (exact) mass is 185 g/mol. The minimum atomic E-state index is -0.370. The Balaban J connectivity index is 3.96. The normalized spacial score (nSPS) is 11.5. The van der Waals surface area contributed by atoms with Gasteiger partial charge in [-0.3, -0.25) is 4.79 Å². The van der Waals surface area contributed by atoms with E-state index in [0.29, 0.717) is 6.61 Å². The Morgan fingerprint density at radius 2 is 2.15 bits per heavy atom. The molecule has 0 aliphatic rings. The van der Waals surface area contributed by atoms with Crippen LogP contribution in [0.3, 0.4) is 0 Å². The topological polar surface area (TPSA) is 74.7 Å². The van der Waals surface area contributed by atoms with E-state index in [1.54, 1.807) is 6.92 Å². The molecule has 0 fully saturated rings. The summed E-state index contributed by atoms with van der Waals surface area (Å²) in [6.45, 7) is 3.43. The largest absolute Gasteiger partial charge is 0.505 e. The molecule has 0 amide bonds. The van der Waals surface area contributed by atoms with Gasteiger partial charge in [-0.1, -0.05) is 0 Å². The van der Waals surface area contributed by atoms with E-state index in [9.17, 15) is 4.79 Å². The summed E-state index contributed by atoms with van der Waals surface area (Å²) in [4.78, 5) is 13.7. The van der Waals surface area contributed by atoms with E-state index in [0.717, 1.165) is 0 Å². The van der Waals surface area contributed by atoms with E-state index in [1.165, 1.54) is 6.92 Å². The maximum atomic E-state index is 10.8. The van der Waals surface area contributed by atoms with Gasteiger partial charge in [-0.05, 0) is 6.92 Å². The number of carbonyl (C=O) groups is 1. The highest BCUT2D eigenvalue weighted by molar-refractivity contribution is 5.69. The molecule has 0 spiro atoms. The molecule has 0 aromatic rings. The number of aliphatic hydroxyl groups is 1. The lowest BCUT2D eigenvalue weighted by Crippen LogP contribution is -2.03. The predicted molar refractivity (Wildman–Crippen MR) is 46.3 cm³/mol. The van der Waals surface area contributed by atoms with E-state index < -0.39 is 0 Å². The summed E-state index contributed by atoms with van der Waals surface area (Å²) in [6, 6.07) is 0. The number of hydrogen-bond donors (Lipinski definition) is 1. The van der Waals surface area contributed by atoms with E-state index >= 15 is 0 Å². The first-order valence-electron chi connectivity index (χ1n) is 4.01. The number of rotatable bonds is 4. The molecular formula is C8H13N2O3+. The van der Waals surface area contributed by atoms with Crippen LogP contribution in [0.1, 0.15) is 26.7 Å². The van der Waals surface area contributed by atoms with Crippen molar-refractivity contribution >= 4 is 5.97 Å². The van der Waals surface area contributed by atoms with Crippen molar-refractivity contribution in [3.8, 4) is 0 Å². The third-order valence-electron chi connectivity index (χ3n) is 1.41. The summed E-state index contributed by atoms with van der Waals surface area (Å²) in [5, 5.41) is 17.3. The lowest BCUT2D eigenvalue weighted by atomic mass is 10.2. The van der Waals surface area contributed by atoms with E-state index in [-0.39, 0.29) is 30.3 Å². The first-order chi connectivity index (χ1) is 6.11. The smallest absolute Gasteiger partial charge is 0.398 e. The van der Waals surface area contributed by atoms with Crippen LogP contribution in [-0.4, -0.2) is 17.7 Å². The van der Waals surface area contributed by atoms with Crippen LogP contribution in [0.4, 0.5) is 0 Å². The van der Waals surface area contributed by atoms with Crippen LogP contribution in [0.15, 0.2) is 11.5 Å². The Kier molecular flexibility index (Phi) is 5.28. The van der Waals surface area contributed by atoms with Crippen molar-refractivity contribution in [1.82, 2.24) is 0 Å². The number of nitrogens with zero attached hydrogens (tertiary/aromatic N) is 2. The van der Waals surface area contributed by atoms with Crippen molar-refractivity contribution in [3.05, 3.63) is 16.4 Å². The Morgan fingerprint density at radius 1 is 1.54 bits per heavy atom. The minimum absolute atomic E-state index is 0.0909. The van der Waals surface area contributed by atoms with Crippen LogP contribution < -0.4 is 0 Å². The van der Waals surface area contributed by atoms with E-state index in [2.05, 4.69) is 9.71 Å². The summed E-state index contributed by atoms with van der Waals surface area (Å²) in [5.74, 6) is -0.461. The van der Waals surface area contributed by atoms with Gasteiger partial charge in [0.05, 0.1) is 19.4 Å². The van der Waals surface area contributed by atoms with E-state index in [1.807, 2.05) is 0 Å². The predicted octanol–water partition coefficient (Wildman–Crippen LogP) is 1.97. The van der Waals surface area contributed by atoms with Gasteiger partial charge in [0.2, 0.25) is 5.39 Å². The molecule has 0 saturated carbocycles. The second-order valence-corrected chi connectivity index (χ2v) is 2.44. The zero-order valence-corrected chi connectivity index (χ0v) is 7.78. The third-order valence-corrected chi connectivity index (χ3v) is 1.41. The zero-order chi connectivity index (χ0) is 10.3. The molecule has 72 valence electrons. The van der Waals surface area contributed by atoms with Gasteiger partial charge in [-0.25, -0.2) is 0 Å². The van der Waals surface area contributed by atoms with E-state index in [4.69, 9.17) is 10.5 Å². The fourth-order valence-corrected chi connectivity index (χ4v) is 0.757. The minimum Gasteiger partial charge on any atom is -0.505 e. The summed E-state index contributed by atoms with van der Waals surface area (Å²) in [7, 11) is 0. The molecule has 0 bridgehead atoms. The number of aliphatic hydroxyl groups excluding tert-OH is 1. The number of ether oxygens (including phenoxy) is 1. The van der Waals surface area contributed by atoms with Gasteiger partial charge in [0.1, 0.15) is 0 Å². The second-order valence-electron chi connectivity index (χ2n) is 2.44. The quantitative estimate of drug-likeness (QED) is 0.412. The molecule has 0 saturated heterocycles. The van der Waals surface area contributed by atoms with Crippen LogP contribution in [-0.2, 0) is 9.53 Å². The highest BCUT2D eigenvalue weighted by Crippen LogP contribution is 2.10. The van der Waals surface area contributed by atoms with Crippen molar-refractivity contribution in [1.29, 1.82) is 5.39 Å². The lowest BCUT2D eigenvalue weighted by Gasteiger charge is -1.96. The first-order valence-corrected chi connectivity index (χ1v) is 4.01. The zero-order valence-electron chi connectivity index (χ0n) is 7.78. The van der Waals surface area contributed by atoms with Gasteiger partial charge >= 0.3 is 11.7 Å². The van der Waals surface area contributed by atoms with Gasteiger partial charge in [-0.15, -0.1) is 0 Å². The van der Waals surface area contributed by atoms with Gasteiger partial charge in [0.25, 0.3) is 0 Å². The maximum Gasteiger partial charge on any atom is 0.398 e. The molecule has 5 nitrogen and oxygen atoms in total. The van der Waals surface area contributed by atoms with Crippen LogP contribution >= 0.6 is 0 Å². The molecule has 13 heavy (non-hydrogen) atoms. The molecule has 0 atom stereocenters. The summed E-state index contributed by atoms with van der Waals surface area (Å²) in [6.07, 6.45) is 0.281. The van der Waals surface area contributed by atoms with Crippen LogP contribution in [0.5, 0.6) is 0 Å². The molecule has 1 N–H and O–H groups in total. The second kappa shape index (κ2) is 6.00. The van der Waals surface area contributed by atoms with Crippen LogP contribution in [0.2, 0.25) is 0 Å². The Morgan fingerprint density at radius 3 is 2.54 bits per heavy atom. The molecule has 0 aliphatic heterocycles. The van der Waals surface area contributed by atoms with Gasteiger partial charge in [0, 0.05) is 6.92 Å².